The van der Waals surface area contributed by atoms with Crippen LogP contribution in [0.2, 0.25) is 0 Å². The van der Waals surface area contributed by atoms with E-state index in [1.54, 1.807) is 0 Å². The highest BCUT2D eigenvalue weighted by molar-refractivity contribution is 9.10. The fraction of sp³-hybridized carbons (Fsp3) is 0.500. The van der Waals surface area contributed by atoms with E-state index in [0.29, 0.717) is 13.0 Å². The molecule has 0 bridgehead atoms. The fourth-order valence-corrected chi connectivity index (χ4v) is 4.27. The van der Waals surface area contributed by atoms with Gasteiger partial charge in [-0.1, -0.05) is 0 Å². The van der Waals surface area contributed by atoms with E-state index in [4.69, 9.17) is 14.3 Å². The molecule has 0 aliphatic carbocycles. The van der Waals surface area contributed by atoms with Gasteiger partial charge in [-0.2, -0.15) is 4.31 Å². The molecule has 1 saturated heterocycles. The van der Waals surface area contributed by atoms with Gasteiger partial charge in [0.15, 0.2) is 4.67 Å². The largest absolute Gasteiger partial charge is 0.475 e. The highest BCUT2D eigenvalue weighted by Gasteiger charge is 2.35. The Bertz CT molecular complexity index is 595. The first-order valence-corrected chi connectivity index (χ1v) is 7.65. The maximum Gasteiger partial charge on any atom is 0.371 e. The van der Waals surface area contributed by atoms with Crippen LogP contribution >= 0.6 is 15.9 Å². The number of sulfonamides is 1. The number of aromatic carboxylic acids is 1. The predicted octanol–water partition coefficient (Wildman–Crippen LogP) is 1.15. The van der Waals surface area contributed by atoms with Crippen LogP contribution in [0.25, 0.3) is 0 Å². The topological polar surface area (TPSA) is 97.0 Å². The van der Waals surface area contributed by atoms with E-state index in [-0.39, 0.29) is 22.2 Å². The molecule has 1 atom stereocenters. The molecular weight excluding hydrogens is 342 g/mol. The predicted molar refractivity (Wildman–Crippen MR) is 67.5 cm³/mol. The Morgan fingerprint density at radius 2 is 2.32 bits per heavy atom. The van der Waals surface area contributed by atoms with Crippen molar-refractivity contribution in [3.63, 3.8) is 0 Å². The van der Waals surface area contributed by atoms with Gasteiger partial charge in [-0.3, -0.25) is 0 Å². The smallest absolute Gasteiger partial charge is 0.371 e. The van der Waals surface area contributed by atoms with Crippen LogP contribution < -0.4 is 0 Å². The molecule has 2 rings (SSSR count). The molecule has 1 unspecified atom stereocenters. The zero-order chi connectivity index (χ0) is 14.2. The van der Waals surface area contributed by atoms with Crippen LogP contribution in [0.5, 0.6) is 0 Å². The van der Waals surface area contributed by atoms with Gasteiger partial charge in [0.2, 0.25) is 15.8 Å². The first-order valence-electron chi connectivity index (χ1n) is 5.42. The van der Waals surface area contributed by atoms with Crippen molar-refractivity contribution in [2.45, 2.75) is 17.4 Å². The monoisotopic (exact) mass is 353 g/mol. The fourth-order valence-electron chi connectivity index (χ4n) is 1.88. The van der Waals surface area contributed by atoms with E-state index in [1.807, 2.05) is 0 Å². The second-order valence-corrected chi connectivity index (χ2v) is 6.69. The van der Waals surface area contributed by atoms with Gasteiger partial charge < -0.3 is 14.3 Å². The summed E-state index contributed by atoms with van der Waals surface area (Å²) in [7, 11) is -2.25. The van der Waals surface area contributed by atoms with Gasteiger partial charge in [0, 0.05) is 26.3 Å². The van der Waals surface area contributed by atoms with Crippen molar-refractivity contribution >= 4 is 31.9 Å². The van der Waals surface area contributed by atoms with Gasteiger partial charge in [0.05, 0.1) is 6.10 Å². The number of hydrogen-bond donors (Lipinski definition) is 1. The van der Waals surface area contributed by atoms with Gasteiger partial charge in [-0.05, 0) is 22.4 Å². The van der Waals surface area contributed by atoms with Crippen molar-refractivity contribution in [1.82, 2.24) is 4.31 Å². The van der Waals surface area contributed by atoms with Crippen molar-refractivity contribution in [1.29, 1.82) is 0 Å². The lowest BCUT2D eigenvalue weighted by Gasteiger charge is -2.15. The van der Waals surface area contributed by atoms with E-state index in [2.05, 4.69) is 15.9 Å². The molecule has 2 heterocycles. The lowest BCUT2D eigenvalue weighted by Crippen LogP contribution is -2.30. The zero-order valence-electron chi connectivity index (χ0n) is 10.00. The first-order chi connectivity index (χ1) is 8.86. The number of halogens is 1. The maximum atomic E-state index is 12.3. The number of hydrogen-bond acceptors (Lipinski definition) is 5. The minimum Gasteiger partial charge on any atom is -0.475 e. The quantitative estimate of drug-likeness (QED) is 0.871. The number of rotatable bonds is 4. The Kier molecular flexibility index (Phi) is 4.00. The molecule has 1 aromatic heterocycles. The summed E-state index contributed by atoms with van der Waals surface area (Å²) in [5.74, 6) is -1.74. The number of furan rings is 1. The van der Waals surface area contributed by atoms with Crippen LogP contribution in [0, 0.1) is 0 Å². The molecule has 9 heteroatoms. The van der Waals surface area contributed by atoms with E-state index < -0.39 is 21.8 Å². The summed E-state index contributed by atoms with van der Waals surface area (Å²) in [5.41, 5.74) is 0. The van der Waals surface area contributed by atoms with Gasteiger partial charge in [0.25, 0.3) is 0 Å². The lowest BCUT2D eigenvalue weighted by atomic mass is 10.3. The number of nitrogens with zero attached hydrogens (tertiary/aromatic N) is 1. The van der Waals surface area contributed by atoms with Crippen LogP contribution in [0.4, 0.5) is 0 Å². The normalized spacial score (nSPS) is 20.8. The van der Waals surface area contributed by atoms with Crippen LogP contribution in [0.3, 0.4) is 0 Å². The van der Waals surface area contributed by atoms with Gasteiger partial charge in [-0.25, -0.2) is 13.2 Å². The molecule has 1 aliphatic rings. The molecule has 0 spiro atoms. The van der Waals surface area contributed by atoms with Gasteiger partial charge in [0.1, 0.15) is 4.90 Å². The summed E-state index contributed by atoms with van der Waals surface area (Å²) >= 11 is 2.93. The third kappa shape index (κ3) is 2.69. The second-order valence-electron chi connectivity index (χ2n) is 4.06. The Morgan fingerprint density at radius 1 is 1.63 bits per heavy atom. The van der Waals surface area contributed by atoms with Crippen molar-refractivity contribution in [3.05, 3.63) is 16.5 Å². The third-order valence-electron chi connectivity index (χ3n) is 2.93. The van der Waals surface area contributed by atoms with Crippen LogP contribution in [0.1, 0.15) is 17.0 Å². The minimum absolute atomic E-state index is 0.106. The van der Waals surface area contributed by atoms with Crippen LogP contribution in [-0.2, 0) is 14.8 Å². The van der Waals surface area contributed by atoms with Crippen LogP contribution in [-0.4, -0.2) is 50.1 Å². The zero-order valence-corrected chi connectivity index (χ0v) is 12.4. The molecule has 0 radical (unpaired) electrons. The number of carboxylic acid groups (broad SMARTS) is 1. The molecule has 1 aromatic rings. The highest BCUT2D eigenvalue weighted by Crippen LogP contribution is 2.30. The maximum absolute atomic E-state index is 12.3. The molecule has 19 heavy (non-hydrogen) atoms. The summed E-state index contributed by atoms with van der Waals surface area (Å²) in [6, 6.07) is 1.00. The first kappa shape index (κ1) is 14.5. The number of ether oxygens (including phenoxy) is 1. The molecular formula is C10H12BrNO6S. The molecule has 0 amide bonds. The van der Waals surface area contributed by atoms with Crippen molar-refractivity contribution in [2.75, 3.05) is 20.2 Å². The Labute approximate surface area is 118 Å². The SMILES string of the molecule is COC1CCN(S(=O)(=O)c2cc(C(=O)O)oc2Br)C1. The highest BCUT2D eigenvalue weighted by atomic mass is 79.9. The third-order valence-corrected chi connectivity index (χ3v) is 5.65. The van der Waals surface area contributed by atoms with E-state index in [9.17, 15) is 13.2 Å². The number of carboxylic acids is 1. The Hall–Kier alpha value is -0.900. The van der Waals surface area contributed by atoms with Crippen LogP contribution in [0.15, 0.2) is 20.0 Å². The molecule has 0 aromatic carbocycles. The summed E-state index contributed by atoms with van der Waals surface area (Å²) in [5, 5.41) is 8.79. The Morgan fingerprint density at radius 3 is 2.79 bits per heavy atom. The molecule has 1 N–H and O–H groups in total. The van der Waals surface area contributed by atoms with Gasteiger partial charge in [-0.15, -0.1) is 0 Å². The van der Waals surface area contributed by atoms with E-state index in [0.717, 1.165) is 6.07 Å². The molecule has 0 saturated carbocycles. The van der Waals surface area contributed by atoms with Gasteiger partial charge >= 0.3 is 5.97 Å². The average Bonchev–Trinajstić information content (AvgIpc) is 2.95. The number of carbonyl (C=O) groups is 1. The second kappa shape index (κ2) is 5.23. The summed E-state index contributed by atoms with van der Waals surface area (Å²) in [4.78, 5) is 10.6. The van der Waals surface area contributed by atoms with Crippen molar-refractivity contribution < 1.29 is 27.5 Å². The minimum atomic E-state index is -3.78. The summed E-state index contributed by atoms with van der Waals surface area (Å²) in [6.07, 6.45) is 0.469. The van der Waals surface area contributed by atoms with Crippen molar-refractivity contribution in [3.8, 4) is 0 Å². The Balaban J connectivity index is 2.32. The molecule has 1 aliphatic heterocycles. The number of methoxy groups -OCH3 is 1. The lowest BCUT2D eigenvalue weighted by molar-refractivity contribution is 0.0661. The summed E-state index contributed by atoms with van der Waals surface area (Å²) < 4.78 is 35.8. The van der Waals surface area contributed by atoms with Crippen molar-refractivity contribution in [2.24, 2.45) is 0 Å². The molecule has 106 valence electrons. The van der Waals surface area contributed by atoms with E-state index in [1.165, 1.54) is 11.4 Å². The molecule has 7 nitrogen and oxygen atoms in total. The van der Waals surface area contributed by atoms with E-state index >= 15 is 0 Å². The standard InChI is InChI=1S/C10H12BrNO6S/c1-17-6-2-3-12(5-6)19(15,16)8-4-7(10(13)14)18-9(8)11/h4,6H,2-3,5H2,1H3,(H,13,14). The molecule has 1 fully saturated rings. The summed E-state index contributed by atoms with van der Waals surface area (Å²) in [6.45, 7) is 0.583. The average molecular weight is 354 g/mol.